The van der Waals surface area contributed by atoms with Gasteiger partial charge in [0.2, 0.25) is 0 Å². The van der Waals surface area contributed by atoms with Crippen LogP contribution in [0.4, 0.5) is 5.69 Å². The van der Waals surface area contributed by atoms with Crippen LogP contribution in [0.5, 0.6) is 0 Å². The number of hydrogen-bond acceptors (Lipinski definition) is 4. The Morgan fingerprint density at radius 2 is 2.18 bits per heavy atom. The van der Waals surface area contributed by atoms with Gasteiger partial charge in [0.1, 0.15) is 0 Å². The summed E-state index contributed by atoms with van der Waals surface area (Å²) < 4.78 is 0. The molecule has 1 aromatic carbocycles. The number of nitrogens with two attached hydrogens (primary N) is 1. The number of nitrogens with zero attached hydrogens (tertiary/aromatic N) is 2. The largest absolute Gasteiger partial charge is 0.399 e. The summed E-state index contributed by atoms with van der Waals surface area (Å²) in [6.45, 7) is 3.79. The molecule has 0 saturated carbocycles. The fraction of sp³-hybridized carbons (Fsp3) is 0.308. The molecule has 0 aliphatic rings. The van der Waals surface area contributed by atoms with E-state index in [1.807, 2.05) is 18.5 Å². The Bertz CT molecular complexity index is 479. The van der Waals surface area contributed by atoms with Gasteiger partial charge in [-0.05, 0) is 31.2 Å². The number of hydrogen-bond donors (Lipinski definition) is 1. The van der Waals surface area contributed by atoms with Crippen molar-refractivity contribution in [1.29, 1.82) is 0 Å². The lowest BCUT2D eigenvalue weighted by molar-refractivity contribution is 0.316. The number of nitrogen functional groups attached to an aromatic ring is 1. The molecule has 3 nitrogen and oxygen atoms in total. The first-order chi connectivity index (χ1) is 8.15. The highest BCUT2D eigenvalue weighted by Crippen LogP contribution is 2.15. The molecule has 4 heteroatoms. The fourth-order valence-corrected chi connectivity index (χ4v) is 2.30. The van der Waals surface area contributed by atoms with Gasteiger partial charge in [-0.1, -0.05) is 12.1 Å². The number of aromatic nitrogens is 1. The minimum absolute atomic E-state index is 0.865. The molecule has 2 rings (SSSR count). The lowest BCUT2D eigenvalue weighted by Gasteiger charge is -2.16. The van der Waals surface area contributed by atoms with Gasteiger partial charge in [-0.3, -0.25) is 4.90 Å². The number of benzene rings is 1. The van der Waals surface area contributed by atoms with Crippen molar-refractivity contribution in [2.45, 2.75) is 20.0 Å². The zero-order chi connectivity index (χ0) is 12.3. The predicted octanol–water partition coefficient (Wildman–Crippen LogP) is 2.67. The first-order valence-corrected chi connectivity index (χ1v) is 6.50. The smallest absolute Gasteiger partial charge is 0.0795 e. The maximum Gasteiger partial charge on any atom is 0.0795 e. The summed E-state index contributed by atoms with van der Waals surface area (Å²) >= 11 is 1.63. The molecule has 1 heterocycles. The van der Waals surface area contributed by atoms with Crippen molar-refractivity contribution in [3.63, 3.8) is 0 Å². The zero-order valence-electron chi connectivity index (χ0n) is 10.2. The van der Waals surface area contributed by atoms with Crippen molar-refractivity contribution in [1.82, 2.24) is 9.88 Å². The maximum atomic E-state index is 5.90. The minimum Gasteiger partial charge on any atom is -0.399 e. The molecular formula is C13H17N3S. The van der Waals surface area contributed by atoms with E-state index in [2.05, 4.69) is 34.4 Å². The Morgan fingerprint density at radius 3 is 2.82 bits per heavy atom. The first kappa shape index (κ1) is 12.1. The van der Waals surface area contributed by atoms with Crippen LogP contribution in [0.3, 0.4) is 0 Å². The molecule has 0 radical (unpaired) electrons. The van der Waals surface area contributed by atoms with E-state index in [0.29, 0.717) is 0 Å². The highest BCUT2D eigenvalue weighted by molar-refractivity contribution is 7.07. The lowest BCUT2D eigenvalue weighted by Crippen LogP contribution is -2.17. The average Bonchev–Trinajstić information content (AvgIpc) is 2.76. The van der Waals surface area contributed by atoms with Crippen molar-refractivity contribution in [3.8, 4) is 0 Å². The van der Waals surface area contributed by atoms with Gasteiger partial charge in [-0.25, -0.2) is 4.98 Å². The second-order valence-corrected chi connectivity index (χ2v) is 5.06. The fourth-order valence-electron chi connectivity index (χ4n) is 1.75. The minimum atomic E-state index is 0.865. The van der Waals surface area contributed by atoms with Gasteiger partial charge in [0, 0.05) is 24.2 Å². The average molecular weight is 247 g/mol. The highest BCUT2D eigenvalue weighted by Gasteiger charge is 2.04. The van der Waals surface area contributed by atoms with E-state index in [9.17, 15) is 0 Å². The summed E-state index contributed by atoms with van der Waals surface area (Å²) in [6.07, 6.45) is 0. The van der Waals surface area contributed by atoms with E-state index >= 15 is 0 Å². The van der Waals surface area contributed by atoms with Crippen molar-refractivity contribution < 1.29 is 0 Å². The monoisotopic (exact) mass is 247 g/mol. The summed E-state index contributed by atoms with van der Waals surface area (Å²) in [5.74, 6) is 0. The van der Waals surface area contributed by atoms with Gasteiger partial charge < -0.3 is 5.73 Å². The van der Waals surface area contributed by atoms with Crippen LogP contribution in [-0.2, 0) is 13.1 Å². The van der Waals surface area contributed by atoms with Crippen molar-refractivity contribution in [2.24, 2.45) is 0 Å². The van der Waals surface area contributed by atoms with E-state index in [4.69, 9.17) is 5.73 Å². The van der Waals surface area contributed by atoms with Crippen LogP contribution in [0.15, 0.2) is 29.1 Å². The third-order valence-electron chi connectivity index (χ3n) is 2.71. The molecule has 90 valence electrons. The Hall–Kier alpha value is -1.39. The normalized spacial score (nSPS) is 11.0. The molecule has 2 N–H and O–H groups in total. The van der Waals surface area contributed by atoms with Gasteiger partial charge in [0.25, 0.3) is 0 Å². The summed E-state index contributed by atoms with van der Waals surface area (Å²) in [7, 11) is 2.09. The highest BCUT2D eigenvalue weighted by atomic mass is 32.1. The van der Waals surface area contributed by atoms with E-state index in [-0.39, 0.29) is 0 Å². The molecule has 0 aliphatic heterocycles. The van der Waals surface area contributed by atoms with Gasteiger partial charge >= 0.3 is 0 Å². The molecule has 0 aliphatic carbocycles. The van der Waals surface area contributed by atoms with Gasteiger partial charge in [0.05, 0.1) is 11.2 Å². The number of thiazole rings is 1. The van der Waals surface area contributed by atoms with Crippen LogP contribution in [0.1, 0.15) is 16.8 Å². The van der Waals surface area contributed by atoms with Crippen LogP contribution in [0.25, 0.3) is 0 Å². The van der Waals surface area contributed by atoms with Gasteiger partial charge in [-0.15, -0.1) is 11.3 Å². The Kier molecular flexibility index (Phi) is 3.76. The molecular weight excluding hydrogens is 230 g/mol. The Balaban J connectivity index is 1.98. The topological polar surface area (TPSA) is 42.2 Å². The van der Waals surface area contributed by atoms with E-state index in [0.717, 1.165) is 30.0 Å². The van der Waals surface area contributed by atoms with Crippen LogP contribution < -0.4 is 5.73 Å². The first-order valence-electron chi connectivity index (χ1n) is 5.56. The van der Waals surface area contributed by atoms with Crippen LogP contribution in [0, 0.1) is 6.92 Å². The van der Waals surface area contributed by atoms with Gasteiger partial charge in [-0.2, -0.15) is 0 Å². The van der Waals surface area contributed by atoms with Crippen LogP contribution >= 0.6 is 11.3 Å². The number of rotatable bonds is 4. The molecule has 0 fully saturated rings. The van der Waals surface area contributed by atoms with E-state index in [1.165, 1.54) is 5.56 Å². The predicted molar refractivity (Wildman–Crippen MR) is 72.9 cm³/mol. The summed E-state index contributed by atoms with van der Waals surface area (Å²) in [4.78, 5) is 6.52. The summed E-state index contributed by atoms with van der Waals surface area (Å²) in [5.41, 5.74) is 12.1. The molecule has 0 spiro atoms. The second-order valence-electron chi connectivity index (χ2n) is 4.34. The van der Waals surface area contributed by atoms with E-state index in [1.54, 1.807) is 11.3 Å². The summed E-state index contributed by atoms with van der Waals surface area (Å²) in [5, 5.41) is 2.08. The summed E-state index contributed by atoms with van der Waals surface area (Å²) in [6, 6.07) is 6.25. The quantitative estimate of drug-likeness (QED) is 0.845. The Morgan fingerprint density at radius 1 is 1.35 bits per heavy atom. The van der Waals surface area contributed by atoms with Gasteiger partial charge in [0.15, 0.2) is 0 Å². The zero-order valence-corrected chi connectivity index (χ0v) is 11.0. The van der Waals surface area contributed by atoms with Crippen LogP contribution in [0.2, 0.25) is 0 Å². The third kappa shape index (κ3) is 3.28. The van der Waals surface area contributed by atoms with Crippen molar-refractivity contribution in [2.75, 3.05) is 12.8 Å². The molecule has 17 heavy (non-hydrogen) atoms. The van der Waals surface area contributed by atoms with Crippen LogP contribution in [-0.4, -0.2) is 16.9 Å². The van der Waals surface area contributed by atoms with Crippen molar-refractivity contribution >= 4 is 17.0 Å². The molecule has 0 bridgehead atoms. The SMILES string of the molecule is Cc1ccc(CN(C)Cc2cscn2)cc1N. The number of aryl methyl sites for hydroxylation is 1. The molecule has 1 aromatic heterocycles. The molecule has 0 amide bonds. The molecule has 0 unspecified atom stereocenters. The lowest BCUT2D eigenvalue weighted by atomic mass is 10.1. The second kappa shape index (κ2) is 5.29. The van der Waals surface area contributed by atoms with E-state index < -0.39 is 0 Å². The molecule has 2 aromatic rings. The molecule has 0 atom stereocenters. The standard InChI is InChI=1S/C13H17N3S/c1-10-3-4-11(5-13(10)14)6-16(2)7-12-8-17-9-15-12/h3-5,8-9H,6-7,14H2,1-2H3. The number of anilines is 1. The third-order valence-corrected chi connectivity index (χ3v) is 3.35. The van der Waals surface area contributed by atoms with Crippen molar-refractivity contribution in [3.05, 3.63) is 45.9 Å². The molecule has 0 saturated heterocycles. The maximum absolute atomic E-state index is 5.90. The Labute approximate surface area is 106 Å².